The van der Waals surface area contributed by atoms with E-state index >= 15 is 0 Å². The molecule has 1 fully saturated rings. The lowest BCUT2D eigenvalue weighted by Crippen LogP contribution is -2.63. The molecule has 0 bridgehead atoms. The minimum atomic E-state index is -0.245. The van der Waals surface area contributed by atoms with Crippen molar-refractivity contribution in [3.05, 3.63) is 105 Å². The number of aromatic hydroxyl groups is 3. The normalized spacial score (nSPS) is 15.1. The first-order valence-corrected chi connectivity index (χ1v) is 20.1. The van der Waals surface area contributed by atoms with Crippen LogP contribution in [0.25, 0.3) is 16.7 Å². The van der Waals surface area contributed by atoms with Crippen LogP contribution in [0.3, 0.4) is 0 Å². The number of hydrogen-bond donors (Lipinski definition) is 3. The highest BCUT2D eigenvalue weighted by Gasteiger charge is 2.46. The first-order valence-electron chi connectivity index (χ1n) is 20.1. The lowest BCUT2D eigenvalue weighted by molar-refractivity contribution is -0.163. The van der Waals surface area contributed by atoms with E-state index in [1.807, 2.05) is 102 Å². The molecule has 310 valence electrons. The van der Waals surface area contributed by atoms with Gasteiger partial charge in [0.2, 0.25) is 0 Å². The molecule has 0 radical (unpaired) electrons. The van der Waals surface area contributed by atoms with E-state index in [0.717, 1.165) is 55.5 Å². The summed E-state index contributed by atoms with van der Waals surface area (Å²) in [5, 5.41) is 38.8. The third-order valence-corrected chi connectivity index (χ3v) is 11.1. The smallest absolute Gasteiger partial charge is 0.306 e. The van der Waals surface area contributed by atoms with E-state index in [1.165, 1.54) is 4.80 Å². The Morgan fingerprint density at radius 2 is 1.12 bits per heavy atom. The van der Waals surface area contributed by atoms with Gasteiger partial charge in [0.15, 0.2) is 0 Å². The van der Waals surface area contributed by atoms with Crippen molar-refractivity contribution in [3.63, 3.8) is 0 Å². The molecule has 3 N–H and O–H groups in total. The lowest BCUT2D eigenvalue weighted by atomic mass is 9.78. The van der Waals surface area contributed by atoms with Crippen LogP contribution in [0.1, 0.15) is 97.9 Å². The predicted octanol–water partition coefficient (Wildman–Crippen LogP) is 8.75. The standard InChI is InChI=1S/C33H47NO6.C14H13N3O/c1-21-15-25(16-22(2)30(21)37)9-11-28(35)39-14-13-34-32(5,6)19-27(20-33(34,7)8)40-29(36)12-10-26-17-23(3)31(38)24(4)18-26;1-9-7-10(2)14(18)13(8-9)17-15-11-5-3-4-6-12(11)16-17/h15-18,27,37-38H,9-14,19-20H2,1-8H3;3-8,18H,1-2H3. The second kappa shape index (κ2) is 18.0. The highest BCUT2D eigenvalue weighted by molar-refractivity contribution is 5.74. The monoisotopic (exact) mass is 792 g/mol. The summed E-state index contributed by atoms with van der Waals surface area (Å²) in [6.45, 7) is 20.8. The summed E-state index contributed by atoms with van der Waals surface area (Å²) in [7, 11) is 0. The van der Waals surface area contributed by atoms with Crippen LogP contribution in [0.5, 0.6) is 17.2 Å². The first kappa shape index (κ1) is 43.7. The Hall–Kier alpha value is -5.42. The van der Waals surface area contributed by atoms with Gasteiger partial charge >= 0.3 is 11.9 Å². The summed E-state index contributed by atoms with van der Waals surface area (Å²) in [5.41, 5.74) is 8.93. The molecule has 1 aliphatic rings. The van der Waals surface area contributed by atoms with Crippen molar-refractivity contribution in [2.75, 3.05) is 13.2 Å². The number of hydrogen-bond acceptors (Lipinski definition) is 10. The zero-order chi connectivity index (χ0) is 42.5. The Kier molecular flexibility index (Phi) is 13.6. The van der Waals surface area contributed by atoms with Gasteiger partial charge in [0, 0.05) is 43.3 Å². The molecular formula is C47H60N4O7. The Morgan fingerprint density at radius 3 is 1.60 bits per heavy atom. The Morgan fingerprint density at radius 1 is 0.672 bits per heavy atom. The van der Waals surface area contributed by atoms with Crippen molar-refractivity contribution >= 4 is 23.0 Å². The molecule has 0 atom stereocenters. The number of piperidine rings is 1. The number of nitrogens with zero attached hydrogens (tertiary/aromatic N) is 4. The van der Waals surface area contributed by atoms with Gasteiger partial charge in [-0.2, -0.15) is 0 Å². The topological polar surface area (TPSA) is 147 Å². The molecular weight excluding hydrogens is 733 g/mol. The molecule has 0 unspecified atom stereocenters. The number of rotatable bonds is 11. The van der Waals surface area contributed by atoms with Crippen LogP contribution < -0.4 is 0 Å². The van der Waals surface area contributed by atoms with Crippen molar-refractivity contribution < 1.29 is 34.4 Å². The maximum atomic E-state index is 12.7. The summed E-state index contributed by atoms with van der Waals surface area (Å²) in [4.78, 5) is 29.0. The summed E-state index contributed by atoms with van der Waals surface area (Å²) in [6, 6.07) is 19.1. The van der Waals surface area contributed by atoms with Crippen LogP contribution >= 0.6 is 0 Å². The Balaban J connectivity index is 0.000000293. The number of fused-ring (bicyclic) bond motifs is 1. The van der Waals surface area contributed by atoms with E-state index in [4.69, 9.17) is 9.47 Å². The van der Waals surface area contributed by atoms with Crippen LogP contribution in [0.2, 0.25) is 0 Å². The summed E-state index contributed by atoms with van der Waals surface area (Å²) in [6.07, 6.45) is 2.95. The maximum Gasteiger partial charge on any atom is 0.306 e. The lowest BCUT2D eigenvalue weighted by Gasteiger charge is -2.54. The summed E-state index contributed by atoms with van der Waals surface area (Å²) >= 11 is 0. The van der Waals surface area contributed by atoms with Gasteiger partial charge < -0.3 is 24.8 Å². The number of carbonyl (C=O) groups is 2. The van der Waals surface area contributed by atoms with Crippen LogP contribution in [0.4, 0.5) is 0 Å². The number of esters is 2. The number of carbonyl (C=O) groups excluding carboxylic acids is 2. The van der Waals surface area contributed by atoms with Gasteiger partial charge in [-0.15, -0.1) is 15.0 Å². The largest absolute Gasteiger partial charge is 0.507 e. The fourth-order valence-electron chi connectivity index (χ4n) is 8.41. The fourth-order valence-corrected chi connectivity index (χ4v) is 8.41. The molecule has 1 aliphatic heterocycles. The van der Waals surface area contributed by atoms with Crippen molar-refractivity contribution in [2.45, 2.75) is 125 Å². The molecule has 11 nitrogen and oxygen atoms in total. The third kappa shape index (κ3) is 10.7. The minimum absolute atomic E-state index is 0.184. The molecule has 0 amide bonds. The number of aromatic nitrogens is 3. The predicted molar refractivity (Wildman–Crippen MR) is 227 cm³/mol. The van der Waals surface area contributed by atoms with Gasteiger partial charge in [0.05, 0.1) is 0 Å². The van der Waals surface area contributed by atoms with Crippen molar-refractivity contribution in [1.82, 2.24) is 19.9 Å². The van der Waals surface area contributed by atoms with E-state index in [9.17, 15) is 24.9 Å². The van der Waals surface area contributed by atoms with Crippen LogP contribution in [-0.2, 0) is 31.9 Å². The van der Waals surface area contributed by atoms with Crippen LogP contribution in [0, 0.1) is 41.5 Å². The van der Waals surface area contributed by atoms with Gasteiger partial charge in [-0.1, -0.05) is 42.5 Å². The third-order valence-electron chi connectivity index (χ3n) is 11.1. The van der Waals surface area contributed by atoms with E-state index < -0.39 is 0 Å². The quantitative estimate of drug-likeness (QED) is 0.111. The molecule has 4 aromatic carbocycles. The highest BCUT2D eigenvalue weighted by atomic mass is 16.5. The van der Waals surface area contributed by atoms with Gasteiger partial charge in [-0.05, 0) is 145 Å². The first-order chi connectivity index (χ1) is 27.2. The molecule has 0 aliphatic carbocycles. The molecule has 11 heteroatoms. The molecule has 2 heterocycles. The molecule has 6 rings (SSSR count). The van der Waals surface area contributed by atoms with Crippen LogP contribution in [0.15, 0.2) is 60.7 Å². The van der Waals surface area contributed by atoms with Crippen molar-refractivity contribution in [2.24, 2.45) is 0 Å². The molecule has 1 saturated heterocycles. The summed E-state index contributed by atoms with van der Waals surface area (Å²) in [5.74, 6) is 0.384. The molecule has 0 spiro atoms. The number of ether oxygens (including phenoxy) is 2. The van der Waals surface area contributed by atoms with Crippen molar-refractivity contribution in [1.29, 1.82) is 0 Å². The molecule has 0 saturated carbocycles. The number of phenols is 3. The highest BCUT2D eigenvalue weighted by Crippen LogP contribution is 2.39. The number of aryl methyl sites for hydroxylation is 8. The molecule has 5 aromatic rings. The summed E-state index contributed by atoms with van der Waals surface area (Å²) < 4.78 is 11.5. The van der Waals surface area contributed by atoms with Gasteiger partial charge in [-0.3, -0.25) is 14.5 Å². The van der Waals surface area contributed by atoms with Crippen molar-refractivity contribution in [3.8, 4) is 22.9 Å². The van der Waals surface area contributed by atoms with E-state index in [-0.39, 0.29) is 41.3 Å². The van der Waals surface area contributed by atoms with E-state index in [0.29, 0.717) is 62.4 Å². The number of phenolic OH excluding ortho intramolecular Hbond substituents is 3. The number of benzene rings is 4. The average Bonchev–Trinajstić information content (AvgIpc) is 3.58. The fraction of sp³-hybridized carbons (Fsp3) is 0.447. The van der Waals surface area contributed by atoms with Gasteiger partial charge in [0.25, 0.3) is 0 Å². The Bertz CT molecular complexity index is 2180. The Labute approximate surface area is 342 Å². The second-order valence-electron chi connectivity index (χ2n) is 17.1. The molecule has 1 aromatic heterocycles. The minimum Gasteiger partial charge on any atom is -0.507 e. The molecule has 58 heavy (non-hydrogen) atoms. The van der Waals surface area contributed by atoms with Gasteiger partial charge in [-0.25, -0.2) is 0 Å². The zero-order valence-electron chi connectivity index (χ0n) is 35.8. The van der Waals surface area contributed by atoms with E-state index in [1.54, 1.807) is 0 Å². The average molecular weight is 793 g/mol. The second-order valence-corrected chi connectivity index (χ2v) is 17.1. The zero-order valence-corrected chi connectivity index (χ0v) is 35.8. The number of likely N-dealkylation sites (tertiary alicyclic amines) is 1. The van der Waals surface area contributed by atoms with E-state index in [2.05, 4.69) is 42.8 Å². The van der Waals surface area contributed by atoms with Gasteiger partial charge in [0.1, 0.15) is 46.7 Å². The van der Waals surface area contributed by atoms with Crippen LogP contribution in [-0.4, -0.2) is 77.5 Å². The maximum absolute atomic E-state index is 12.7. The SMILES string of the molecule is Cc1cc(C)c(O)c(-n2nc3ccccc3n2)c1.Cc1cc(CCC(=O)OCCN2C(C)(C)CC(OC(=O)CCc3cc(C)c(O)c(C)c3)CC2(C)C)cc(C)c1O.